The lowest BCUT2D eigenvalue weighted by Crippen LogP contribution is -2.30. The minimum Gasteiger partial charge on any atom is -0.373 e. The van der Waals surface area contributed by atoms with Crippen molar-refractivity contribution < 1.29 is 0 Å². The molecule has 176 valence electrons. The monoisotopic (exact) mass is 443 g/mol. The Balaban J connectivity index is 1.96. The topological polar surface area (TPSA) is 9.72 Å². The third kappa shape index (κ3) is 5.52. The van der Waals surface area contributed by atoms with Gasteiger partial charge >= 0.3 is 0 Å². The van der Waals surface area contributed by atoms with Gasteiger partial charge in [0.05, 0.1) is 6.04 Å². The summed E-state index contributed by atoms with van der Waals surface area (Å²) < 4.78 is 0. The Morgan fingerprint density at radius 2 is 1.91 bits per heavy atom. The van der Waals surface area contributed by atoms with Crippen molar-refractivity contribution in [1.29, 1.82) is 0 Å². The molecule has 3 aliphatic rings. The van der Waals surface area contributed by atoms with Gasteiger partial charge in [-0.05, 0) is 67.8 Å². The number of nitrogens with zero attached hydrogens (tertiary/aromatic N) is 3. The largest absolute Gasteiger partial charge is 0.373 e. The van der Waals surface area contributed by atoms with E-state index in [2.05, 4.69) is 137 Å². The molecule has 0 radical (unpaired) electrons. The average molecular weight is 444 g/mol. The molecule has 33 heavy (non-hydrogen) atoms. The van der Waals surface area contributed by atoms with Crippen molar-refractivity contribution in [2.75, 3.05) is 20.6 Å². The Morgan fingerprint density at radius 1 is 1.15 bits per heavy atom. The lowest BCUT2D eigenvalue weighted by Gasteiger charge is -2.31. The second-order valence-electron chi connectivity index (χ2n) is 9.38. The highest BCUT2D eigenvalue weighted by Crippen LogP contribution is 2.31. The maximum absolute atomic E-state index is 4.49. The lowest BCUT2D eigenvalue weighted by molar-refractivity contribution is 0.371. The van der Waals surface area contributed by atoms with Crippen molar-refractivity contribution >= 4 is 0 Å². The van der Waals surface area contributed by atoms with E-state index in [-0.39, 0.29) is 0 Å². The van der Waals surface area contributed by atoms with Gasteiger partial charge in [0.1, 0.15) is 0 Å². The first-order chi connectivity index (χ1) is 15.8. The molecule has 0 aromatic heterocycles. The zero-order valence-electron chi connectivity index (χ0n) is 21.5. The summed E-state index contributed by atoms with van der Waals surface area (Å²) in [6.45, 7) is 16.6. The molecule has 2 heterocycles. The molecule has 0 bridgehead atoms. The van der Waals surface area contributed by atoms with Crippen molar-refractivity contribution in [2.24, 2.45) is 11.8 Å². The van der Waals surface area contributed by atoms with Gasteiger partial charge in [0.25, 0.3) is 0 Å². The summed E-state index contributed by atoms with van der Waals surface area (Å²) in [5.41, 5.74) is 7.13. The van der Waals surface area contributed by atoms with E-state index in [4.69, 9.17) is 0 Å². The van der Waals surface area contributed by atoms with Gasteiger partial charge in [0, 0.05) is 49.3 Å². The van der Waals surface area contributed by atoms with Crippen molar-refractivity contribution in [3.05, 3.63) is 107 Å². The van der Waals surface area contributed by atoms with Gasteiger partial charge in [-0.15, -0.1) is 0 Å². The molecule has 3 heteroatoms. The van der Waals surface area contributed by atoms with Crippen molar-refractivity contribution in [1.82, 2.24) is 14.7 Å². The van der Waals surface area contributed by atoms with Gasteiger partial charge in [0.15, 0.2) is 0 Å². The summed E-state index contributed by atoms with van der Waals surface area (Å²) in [6, 6.07) is 0.383. The number of allylic oxidation sites excluding steroid dienone is 9. The number of fused-ring (bicyclic) bond motifs is 1. The number of rotatable bonds is 6. The molecule has 1 aliphatic carbocycles. The Kier molecular flexibility index (Phi) is 8.07. The molecular formula is C30H41N3. The standard InChI is InChI=1S/C30H41N3/c1-9-11-29-20-27(22(3)4)15-14-25(13-12-23(5)33(29)10-2)24(6)32(8)28-17-16-26-18-19-31(7)30(26)21-28/h11-22,26,30H,6,9-10H2,1-5,7-8H3/b15-14+,23-12+,25-13+,27-20+,29-11-. The molecule has 3 rings (SSSR count). The number of hydrogen-bond donors (Lipinski definition) is 0. The van der Waals surface area contributed by atoms with Gasteiger partial charge in [-0.25, -0.2) is 0 Å². The normalized spacial score (nSPS) is 29.6. The van der Waals surface area contributed by atoms with Gasteiger partial charge < -0.3 is 14.7 Å². The van der Waals surface area contributed by atoms with Crippen LogP contribution < -0.4 is 0 Å². The molecule has 0 saturated heterocycles. The van der Waals surface area contributed by atoms with E-state index >= 15 is 0 Å². The van der Waals surface area contributed by atoms with Gasteiger partial charge in [-0.1, -0.05) is 63.8 Å². The smallest absolute Gasteiger partial charge is 0.0585 e. The van der Waals surface area contributed by atoms with Crippen molar-refractivity contribution in [2.45, 2.75) is 47.1 Å². The molecule has 2 aliphatic heterocycles. The Labute approximate surface area is 201 Å². The first-order valence-corrected chi connectivity index (χ1v) is 12.3. The van der Waals surface area contributed by atoms with Crippen LogP contribution in [0.25, 0.3) is 0 Å². The zero-order valence-corrected chi connectivity index (χ0v) is 21.5. The van der Waals surface area contributed by atoms with Crippen molar-refractivity contribution in [3.8, 4) is 0 Å². The second-order valence-corrected chi connectivity index (χ2v) is 9.38. The van der Waals surface area contributed by atoms with Gasteiger partial charge in [-0.2, -0.15) is 0 Å². The second kappa shape index (κ2) is 10.8. The van der Waals surface area contributed by atoms with E-state index in [1.807, 2.05) is 0 Å². The fraction of sp³-hybridized carbons (Fsp3) is 0.400. The van der Waals surface area contributed by atoms with E-state index in [1.165, 1.54) is 22.7 Å². The molecule has 0 spiro atoms. The lowest BCUT2D eigenvalue weighted by atomic mass is 9.94. The van der Waals surface area contributed by atoms with Crippen LogP contribution in [0.5, 0.6) is 0 Å². The molecule has 2 atom stereocenters. The van der Waals surface area contributed by atoms with Crippen LogP contribution in [-0.4, -0.2) is 41.4 Å². The molecule has 0 aromatic carbocycles. The van der Waals surface area contributed by atoms with Crippen molar-refractivity contribution in [3.63, 3.8) is 0 Å². The fourth-order valence-corrected chi connectivity index (χ4v) is 4.54. The summed E-state index contributed by atoms with van der Waals surface area (Å²) in [6.07, 6.45) is 25.9. The Hall–Kier alpha value is -2.94. The van der Waals surface area contributed by atoms with Crippen LogP contribution in [0.15, 0.2) is 107 Å². The molecule has 0 amide bonds. The third-order valence-electron chi connectivity index (χ3n) is 6.77. The molecule has 2 unspecified atom stereocenters. The SMILES string of the molecule is C=C(C1=C/C=C(\C)N(CC)C(=C\CC)/C=C(C(C)C)\C=C\1)N(C)C1=CC2C(C=C1)C=CN2C. The highest BCUT2D eigenvalue weighted by Gasteiger charge is 2.27. The van der Waals surface area contributed by atoms with Crippen LogP contribution in [0.4, 0.5) is 0 Å². The minimum atomic E-state index is 0.383. The van der Waals surface area contributed by atoms with E-state index in [9.17, 15) is 0 Å². The summed E-state index contributed by atoms with van der Waals surface area (Å²) in [7, 11) is 4.26. The van der Waals surface area contributed by atoms with Crippen LogP contribution in [-0.2, 0) is 0 Å². The number of likely N-dealkylation sites (N-methyl/N-ethyl adjacent to an activating group) is 3. The summed E-state index contributed by atoms with van der Waals surface area (Å²) in [4.78, 5) is 6.88. The third-order valence-corrected chi connectivity index (χ3v) is 6.77. The van der Waals surface area contributed by atoms with E-state index < -0.39 is 0 Å². The first kappa shape index (κ1) is 24.7. The predicted octanol–water partition coefficient (Wildman–Crippen LogP) is 6.93. The van der Waals surface area contributed by atoms with Gasteiger partial charge in [-0.3, -0.25) is 0 Å². The summed E-state index contributed by atoms with van der Waals surface area (Å²) >= 11 is 0. The van der Waals surface area contributed by atoms with Crippen LogP contribution >= 0.6 is 0 Å². The average Bonchev–Trinajstić information content (AvgIpc) is 3.17. The summed E-state index contributed by atoms with van der Waals surface area (Å²) in [5, 5.41) is 0. The first-order valence-electron chi connectivity index (χ1n) is 12.3. The Morgan fingerprint density at radius 3 is 2.58 bits per heavy atom. The molecule has 0 fully saturated rings. The van der Waals surface area contributed by atoms with Gasteiger partial charge in [0.2, 0.25) is 0 Å². The number of hydrogen-bond acceptors (Lipinski definition) is 3. The van der Waals surface area contributed by atoms with Crippen LogP contribution in [0.2, 0.25) is 0 Å². The highest BCUT2D eigenvalue weighted by molar-refractivity contribution is 5.47. The zero-order chi connectivity index (χ0) is 24.1. The maximum Gasteiger partial charge on any atom is 0.0585 e. The highest BCUT2D eigenvalue weighted by atomic mass is 15.2. The molecule has 3 nitrogen and oxygen atoms in total. The molecule has 0 aromatic rings. The van der Waals surface area contributed by atoms with Crippen LogP contribution in [0, 0.1) is 11.8 Å². The molecule has 0 N–H and O–H groups in total. The maximum atomic E-state index is 4.49. The van der Waals surface area contributed by atoms with Crippen LogP contribution in [0.1, 0.15) is 41.0 Å². The van der Waals surface area contributed by atoms with E-state index in [1.54, 1.807) is 0 Å². The van der Waals surface area contributed by atoms with E-state index in [0.717, 1.165) is 24.2 Å². The Bertz CT molecular complexity index is 994. The summed E-state index contributed by atoms with van der Waals surface area (Å²) in [5.74, 6) is 0.894. The predicted molar refractivity (Wildman–Crippen MR) is 143 cm³/mol. The molecular weight excluding hydrogens is 402 g/mol. The van der Waals surface area contributed by atoms with E-state index in [0.29, 0.717) is 17.9 Å². The van der Waals surface area contributed by atoms with Crippen LogP contribution in [0.3, 0.4) is 0 Å². The minimum absolute atomic E-state index is 0.383. The fourth-order valence-electron chi connectivity index (χ4n) is 4.54. The molecule has 0 saturated carbocycles. The quantitative estimate of drug-likeness (QED) is 0.441.